The number of methoxy groups -OCH3 is 1. The quantitative estimate of drug-likeness (QED) is 0.723. The van der Waals surface area contributed by atoms with Crippen molar-refractivity contribution in [1.29, 1.82) is 0 Å². The highest BCUT2D eigenvalue weighted by Gasteiger charge is 2.28. The first-order chi connectivity index (χ1) is 11.0. The van der Waals surface area contributed by atoms with Crippen LogP contribution in [0.25, 0.3) is 22.2 Å². The van der Waals surface area contributed by atoms with Crippen LogP contribution in [0, 0.1) is 0 Å². The topological polar surface area (TPSA) is 45.2 Å². The third-order valence-electron chi connectivity index (χ3n) is 3.71. The van der Waals surface area contributed by atoms with E-state index in [2.05, 4.69) is 4.98 Å². The minimum absolute atomic E-state index is 0.111. The van der Waals surface area contributed by atoms with Crippen LogP contribution in [0.4, 0.5) is 13.2 Å². The Balaban J connectivity index is 2.24. The Morgan fingerprint density at radius 2 is 1.83 bits per heavy atom. The summed E-state index contributed by atoms with van der Waals surface area (Å²) in [4.78, 5) is 2.96. The average Bonchev–Trinajstić information content (AvgIpc) is 2.93. The number of nitrogens with one attached hydrogen (secondary N) is 1. The lowest BCUT2D eigenvalue weighted by atomic mass is 10.0. The molecule has 3 aromatic rings. The summed E-state index contributed by atoms with van der Waals surface area (Å²) in [7, 11) is 1.40. The first-order valence-electron chi connectivity index (χ1n) is 6.93. The van der Waals surface area contributed by atoms with Gasteiger partial charge in [-0.1, -0.05) is 18.2 Å². The van der Waals surface area contributed by atoms with Crippen molar-refractivity contribution < 1.29 is 23.0 Å². The number of hydrogen-bond donors (Lipinski definition) is 2. The van der Waals surface area contributed by atoms with Crippen molar-refractivity contribution in [3.8, 4) is 22.8 Å². The molecule has 6 heteroatoms. The largest absolute Gasteiger partial charge is 0.504 e. The number of alkyl halides is 3. The number of H-pyrrole nitrogens is 1. The van der Waals surface area contributed by atoms with Gasteiger partial charge in [-0.2, -0.15) is 0 Å². The Bertz CT molecular complexity index is 845. The fraction of sp³-hybridized carbons (Fsp3) is 0.176. The van der Waals surface area contributed by atoms with Crippen LogP contribution in [-0.4, -0.2) is 23.6 Å². The van der Waals surface area contributed by atoms with Crippen molar-refractivity contribution in [3.05, 3.63) is 48.0 Å². The Morgan fingerprint density at radius 3 is 2.48 bits per heavy atom. The van der Waals surface area contributed by atoms with Crippen LogP contribution >= 0.6 is 0 Å². The number of rotatable bonds is 4. The van der Waals surface area contributed by atoms with E-state index < -0.39 is 12.6 Å². The molecule has 0 aliphatic rings. The molecule has 0 aliphatic carbocycles. The number of halogens is 3. The number of aromatic nitrogens is 1. The molecule has 2 N–H and O–H groups in total. The number of phenols is 1. The van der Waals surface area contributed by atoms with Crippen molar-refractivity contribution in [3.63, 3.8) is 0 Å². The van der Waals surface area contributed by atoms with Crippen LogP contribution in [0.3, 0.4) is 0 Å². The minimum Gasteiger partial charge on any atom is -0.504 e. The van der Waals surface area contributed by atoms with Gasteiger partial charge in [0.05, 0.1) is 12.8 Å². The van der Waals surface area contributed by atoms with E-state index in [9.17, 15) is 18.3 Å². The van der Waals surface area contributed by atoms with E-state index in [1.54, 1.807) is 30.3 Å². The van der Waals surface area contributed by atoms with Gasteiger partial charge in [-0.25, -0.2) is 13.2 Å². The molecule has 23 heavy (non-hydrogen) atoms. The van der Waals surface area contributed by atoms with Gasteiger partial charge in [0.1, 0.15) is 0 Å². The second kappa shape index (κ2) is 5.87. The number of fused-ring (bicyclic) bond motifs is 1. The van der Waals surface area contributed by atoms with Crippen LogP contribution in [0.2, 0.25) is 0 Å². The molecule has 0 bridgehead atoms. The molecule has 2 aromatic carbocycles. The average molecular weight is 321 g/mol. The van der Waals surface area contributed by atoms with Gasteiger partial charge in [-0.15, -0.1) is 0 Å². The molecule has 0 radical (unpaired) electrons. The molecule has 0 fully saturated rings. The van der Waals surface area contributed by atoms with E-state index in [0.717, 1.165) is 0 Å². The van der Waals surface area contributed by atoms with Crippen LogP contribution in [-0.2, 0) is 0 Å². The fourth-order valence-corrected chi connectivity index (χ4v) is 2.65. The smallest absolute Gasteiger partial charge is 0.273 e. The van der Waals surface area contributed by atoms with Crippen LogP contribution in [0.5, 0.6) is 11.5 Å². The lowest BCUT2D eigenvalue weighted by molar-refractivity contribution is 0.0506. The zero-order chi connectivity index (χ0) is 16.6. The van der Waals surface area contributed by atoms with E-state index in [1.165, 1.54) is 19.2 Å². The number of benzene rings is 2. The van der Waals surface area contributed by atoms with Crippen molar-refractivity contribution in [2.75, 3.05) is 7.11 Å². The standard InChI is InChI=1S/C17H14F3NO2/c1-23-13-7-6-9(8-12(13)22)16-14(15(18)17(19)20)10-4-2-3-5-11(10)21-16/h2-8,15,17,21-22H,1H3. The number of ether oxygens (including phenoxy) is 1. The Morgan fingerprint density at radius 1 is 1.09 bits per heavy atom. The van der Waals surface area contributed by atoms with Gasteiger partial charge in [0, 0.05) is 22.0 Å². The maximum absolute atomic E-state index is 14.2. The van der Waals surface area contributed by atoms with E-state index in [0.29, 0.717) is 16.5 Å². The summed E-state index contributed by atoms with van der Waals surface area (Å²) in [6.45, 7) is 0. The SMILES string of the molecule is COc1ccc(-c2[nH]c3ccccc3c2C(F)C(F)F)cc1O. The van der Waals surface area contributed by atoms with Crippen molar-refractivity contribution in [1.82, 2.24) is 4.98 Å². The fourth-order valence-electron chi connectivity index (χ4n) is 2.65. The molecule has 0 aliphatic heterocycles. The summed E-state index contributed by atoms with van der Waals surface area (Å²) in [6, 6.07) is 11.1. The van der Waals surface area contributed by atoms with E-state index in [-0.39, 0.29) is 22.8 Å². The lowest BCUT2D eigenvalue weighted by Gasteiger charge is -2.11. The van der Waals surface area contributed by atoms with E-state index >= 15 is 0 Å². The van der Waals surface area contributed by atoms with Gasteiger partial charge in [0.2, 0.25) is 0 Å². The number of hydrogen-bond acceptors (Lipinski definition) is 2. The lowest BCUT2D eigenvalue weighted by Crippen LogP contribution is -2.04. The minimum atomic E-state index is -3.14. The molecule has 0 saturated carbocycles. The van der Waals surface area contributed by atoms with E-state index in [4.69, 9.17) is 4.74 Å². The molecule has 1 aromatic heterocycles. The Hall–Kier alpha value is -2.63. The molecule has 0 amide bonds. The third kappa shape index (κ3) is 2.60. The molecule has 3 nitrogen and oxygen atoms in total. The van der Waals surface area contributed by atoms with Gasteiger partial charge in [-0.05, 0) is 24.3 Å². The number of aromatic hydroxyl groups is 1. The molecule has 120 valence electrons. The van der Waals surface area contributed by atoms with Gasteiger partial charge >= 0.3 is 0 Å². The monoisotopic (exact) mass is 321 g/mol. The zero-order valence-corrected chi connectivity index (χ0v) is 12.2. The number of para-hydroxylation sites is 1. The van der Waals surface area contributed by atoms with Crippen LogP contribution in [0.15, 0.2) is 42.5 Å². The van der Waals surface area contributed by atoms with Gasteiger partial charge in [0.15, 0.2) is 17.7 Å². The van der Waals surface area contributed by atoms with Gasteiger partial charge < -0.3 is 14.8 Å². The first-order valence-corrected chi connectivity index (χ1v) is 6.93. The molecule has 3 rings (SSSR count). The maximum Gasteiger partial charge on any atom is 0.273 e. The highest BCUT2D eigenvalue weighted by atomic mass is 19.3. The summed E-state index contributed by atoms with van der Waals surface area (Å²) in [5.41, 5.74) is 1.06. The van der Waals surface area contributed by atoms with E-state index in [1.807, 2.05) is 0 Å². The second-order valence-electron chi connectivity index (χ2n) is 5.08. The van der Waals surface area contributed by atoms with Crippen LogP contribution < -0.4 is 4.74 Å². The predicted octanol–water partition coefficient (Wildman–Crippen LogP) is 4.82. The molecular formula is C17H14F3NO2. The van der Waals surface area contributed by atoms with Gasteiger partial charge in [-0.3, -0.25) is 0 Å². The molecular weight excluding hydrogens is 307 g/mol. The number of aromatic amines is 1. The van der Waals surface area contributed by atoms with Gasteiger partial charge in [0.25, 0.3) is 6.43 Å². The number of phenolic OH excluding ortho intramolecular Hbond substituents is 1. The highest BCUT2D eigenvalue weighted by Crippen LogP contribution is 2.40. The Kier molecular flexibility index (Phi) is 3.90. The normalized spacial score (nSPS) is 12.7. The summed E-state index contributed by atoms with van der Waals surface area (Å²) in [5, 5.41) is 10.3. The summed E-state index contributed by atoms with van der Waals surface area (Å²) in [5.74, 6) is 0.0964. The molecule has 0 saturated heterocycles. The second-order valence-corrected chi connectivity index (χ2v) is 5.08. The molecule has 0 spiro atoms. The maximum atomic E-state index is 14.2. The summed E-state index contributed by atoms with van der Waals surface area (Å²) >= 11 is 0. The molecule has 1 heterocycles. The highest BCUT2D eigenvalue weighted by molar-refractivity contribution is 5.91. The molecule has 1 unspecified atom stereocenters. The van der Waals surface area contributed by atoms with Crippen molar-refractivity contribution >= 4 is 10.9 Å². The van der Waals surface area contributed by atoms with Crippen LogP contribution in [0.1, 0.15) is 11.7 Å². The Labute approximate surface area is 130 Å². The van der Waals surface area contributed by atoms with Crippen molar-refractivity contribution in [2.45, 2.75) is 12.6 Å². The summed E-state index contributed by atoms with van der Waals surface area (Å²) in [6.07, 6.45) is -5.56. The third-order valence-corrected chi connectivity index (χ3v) is 3.71. The van der Waals surface area contributed by atoms with Crippen molar-refractivity contribution in [2.24, 2.45) is 0 Å². The molecule has 1 atom stereocenters. The predicted molar refractivity (Wildman–Crippen MR) is 81.8 cm³/mol. The summed E-state index contributed by atoms with van der Waals surface area (Å²) < 4.78 is 45.0. The first kappa shape index (κ1) is 15.3. The zero-order valence-electron chi connectivity index (χ0n) is 12.2.